The molecule has 0 atom stereocenters. The molecule has 0 aliphatic carbocycles. The molecule has 2 heterocycles. The molecule has 0 saturated heterocycles. The monoisotopic (exact) mass is 387 g/mol. The number of anilines is 1. The van der Waals surface area contributed by atoms with Crippen LogP contribution in [0, 0.1) is 6.92 Å². The number of amides is 2. The third-order valence-electron chi connectivity index (χ3n) is 3.83. The first-order valence-electron chi connectivity index (χ1n) is 7.98. The van der Waals surface area contributed by atoms with Crippen LogP contribution in [-0.2, 0) is 11.3 Å². The molecule has 10 heteroatoms. The predicted octanol–water partition coefficient (Wildman–Crippen LogP) is 0.795. The fourth-order valence-corrected chi connectivity index (χ4v) is 3.50. The lowest BCUT2D eigenvalue weighted by molar-refractivity contribution is -0.116. The predicted molar refractivity (Wildman–Crippen MR) is 102 cm³/mol. The van der Waals surface area contributed by atoms with Crippen molar-refractivity contribution in [3.05, 3.63) is 55.7 Å². The Labute approximate surface area is 157 Å². The summed E-state index contributed by atoms with van der Waals surface area (Å²) in [5.41, 5.74) is -0.322. The summed E-state index contributed by atoms with van der Waals surface area (Å²) in [5.74, 6) is -0.803. The number of hydrogen-bond acceptors (Lipinski definition) is 6. The van der Waals surface area contributed by atoms with E-state index < -0.39 is 23.7 Å². The lowest BCUT2D eigenvalue weighted by Gasteiger charge is -2.07. The Morgan fingerprint density at radius 3 is 2.67 bits per heavy atom. The number of H-pyrrole nitrogens is 1. The van der Waals surface area contributed by atoms with Crippen molar-refractivity contribution in [1.29, 1.82) is 0 Å². The SMILES string of the molecule is Cc1nc(NC(=O)Cn2c(=O)[nH]c3ccccc3c2=O)sc1C(=O)N(C)C. The van der Waals surface area contributed by atoms with Gasteiger partial charge in [-0.25, -0.2) is 9.78 Å². The van der Waals surface area contributed by atoms with Crippen LogP contribution in [0.1, 0.15) is 15.4 Å². The smallest absolute Gasteiger partial charge is 0.329 e. The molecular formula is C17H17N5O4S. The van der Waals surface area contributed by atoms with Crippen molar-refractivity contribution in [2.24, 2.45) is 0 Å². The zero-order valence-corrected chi connectivity index (χ0v) is 15.7. The Hall–Kier alpha value is -3.27. The molecule has 1 aromatic carbocycles. The molecular weight excluding hydrogens is 370 g/mol. The number of para-hydroxylation sites is 1. The maximum Gasteiger partial charge on any atom is 0.329 e. The van der Waals surface area contributed by atoms with Crippen molar-refractivity contribution in [3.63, 3.8) is 0 Å². The zero-order chi connectivity index (χ0) is 19.7. The summed E-state index contributed by atoms with van der Waals surface area (Å²) in [7, 11) is 3.25. The van der Waals surface area contributed by atoms with Crippen LogP contribution in [0.15, 0.2) is 33.9 Å². The lowest BCUT2D eigenvalue weighted by atomic mass is 10.2. The van der Waals surface area contributed by atoms with Gasteiger partial charge >= 0.3 is 5.69 Å². The van der Waals surface area contributed by atoms with Crippen LogP contribution in [-0.4, -0.2) is 45.3 Å². The molecule has 0 aliphatic rings. The molecule has 0 radical (unpaired) electrons. The van der Waals surface area contributed by atoms with E-state index in [-0.39, 0.29) is 11.0 Å². The van der Waals surface area contributed by atoms with Crippen molar-refractivity contribution < 1.29 is 9.59 Å². The lowest BCUT2D eigenvalue weighted by Crippen LogP contribution is -2.38. The molecule has 0 fully saturated rings. The number of aryl methyl sites for hydroxylation is 1. The first kappa shape index (κ1) is 18.5. The van der Waals surface area contributed by atoms with Crippen LogP contribution in [0.25, 0.3) is 10.9 Å². The van der Waals surface area contributed by atoms with E-state index in [4.69, 9.17) is 0 Å². The second kappa shape index (κ2) is 7.16. The fourth-order valence-electron chi connectivity index (χ4n) is 2.50. The van der Waals surface area contributed by atoms with Gasteiger partial charge in [0, 0.05) is 14.1 Å². The number of fused-ring (bicyclic) bond motifs is 1. The average Bonchev–Trinajstić information content (AvgIpc) is 2.97. The number of nitrogens with one attached hydrogen (secondary N) is 2. The zero-order valence-electron chi connectivity index (χ0n) is 14.9. The number of nitrogens with zero attached hydrogens (tertiary/aromatic N) is 3. The second-order valence-electron chi connectivity index (χ2n) is 6.05. The molecule has 2 N–H and O–H groups in total. The number of hydrogen-bond donors (Lipinski definition) is 2. The van der Waals surface area contributed by atoms with Gasteiger partial charge in [-0.15, -0.1) is 0 Å². The van der Waals surface area contributed by atoms with E-state index >= 15 is 0 Å². The van der Waals surface area contributed by atoms with E-state index in [1.807, 2.05) is 0 Å². The van der Waals surface area contributed by atoms with Gasteiger partial charge in [-0.1, -0.05) is 23.5 Å². The topological polar surface area (TPSA) is 117 Å². The maximum absolute atomic E-state index is 12.5. The number of carbonyl (C=O) groups is 2. The summed E-state index contributed by atoms with van der Waals surface area (Å²) >= 11 is 1.04. The van der Waals surface area contributed by atoms with Gasteiger partial charge in [-0.2, -0.15) is 0 Å². The van der Waals surface area contributed by atoms with E-state index in [1.165, 1.54) is 4.90 Å². The van der Waals surface area contributed by atoms with Crippen LogP contribution >= 0.6 is 11.3 Å². The third kappa shape index (κ3) is 3.65. The first-order valence-corrected chi connectivity index (χ1v) is 8.80. The molecule has 2 amide bonds. The van der Waals surface area contributed by atoms with Gasteiger partial charge in [-0.3, -0.25) is 19.0 Å². The highest BCUT2D eigenvalue weighted by Crippen LogP contribution is 2.23. The van der Waals surface area contributed by atoms with Gasteiger partial charge in [0.1, 0.15) is 11.4 Å². The normalized spacial score (nSPS) is 10.8. The van der Waals surface area contributed by atoms with E-state index in [0.717, 1.165) is 15.9 Å². The highest BCUT2D eigenvalue weighted by molar-refractivity contribution is 7.17. The first-order chi connectivity index (χ1) is 12.8. The minimum Gasteiger partial charge on any atom is -0.344 e. The molecule has 27 heavy (non-hydrogen) atoms. The van der Waals surface area contributed by atoms with Crippen LogP contribution in [0.4, 0.5) is 5.13 Å². The molecule has 0 spiro atoms. The number of rotatable bonds is 4. The van der Waals surface area contributed by atoms with Gasteiger partial charge in [0.2, 0.25) is 5.91 Å². The van der Waals surface area contributed by atoms with Crippen LogP contribution in [0.5, 0.6) is 0 Å². The standard InChI is InChI=1S/C17H17N5O4S/c1-9-13(15(25)21(2)3)27-16(18-9)20-12(23)8-22-14(24)10-6-4-5-7-11(10)19-17(22)26/h4-7H,8H2,1-3H3,(H,19,26)(H,18,20,23). The van der Waals surface area contributed by atoms with Crippen molar-refractivity contribution in [3.8, 4) is 0 Å². The van der Waals surface area contributed by atoms with E-state index in [9.17, 15) is 19.2 Å². The molecule has 2 aromatic heterocycles. The van der Waals surface area contributed by atoms with E-state index in [2.05, 4.69) is 15.3 Å². The summed E-state index contributed by atoms with van der Waals surface area (Å²) in [4.78, 5) is 57.5. The Bertz CT molecular complexity index is 1160. The van der Waals surface area contributed by atoms with Gasteiger partial charge in [0.25, 0.3) is 11.5 Å². The Balaban J connectivity index is 1.84. The minimum atomic E-state index is -0.673. The molecule has 3 rings (SSSR count). The molecule has 3 aromatic rings. The Kier molecular flexibility index (Phi) is 4.91. The minimum absolute atomic E-state index is 0.215. The number of carbonyl (C=O) groups excluding carboxylic acids is 2. The third-order valence-corrected chi connectivity index (χ3v) is 4.90. The Morgan fingerprint density at radius 1 is 1.26 bits per heavy atom. The maximum atomic E-state index is 12.5. The van der Waals surface area contributed by atoms with Gasteiger partial charge in [-0.05, 0) is 19.1 Å². The van der Waals surface area contributed by atoms with Crippen molar-refractivity contribution >= 4 is 39.2 Å². The van der Waals surface area contributed by atoms with Crippen LogP contribution < -0.4 is 16.6 Å². The number of benzene rings is 1. The van der Waals surface area contributed by atoms with E-state index in [0.29, 0.717) is 21.5 Å². The van der Waals surface area contributed by atoms with Crippen LogP contribution in [0.3, 0.4) is 0 Å². The summed E-state index contributed by atoms with van der Waals surface area (Å²) in [6.45, 7) is 1.20. The summed E-state index contributed by atoms with van der Waals surface area (Å²) < 4.78 is 0.823. The van der Waals surface area contributed by atoms with Gasteiger partial charge in [0.05, 0.1) is 16.6 Å². The Morgan fingerprint density at radius 2 is 1.96 bits per heavy atom. The molecule has 0 saturated carbocycles. The molecule has 9 nitrogen and oxygen atoms in total. The molecule has 0 bridgehead atoms. The summed E-state index contributed by atoms with van der Waals surface area (Å²) in [6.07, 6.45) is 0. The summed E-state index contributed by atoms with van der Waals surface area (Å²) in [6, 6.07) is 6.57. The fraction of sp³-hybridized carbons (Fsp3) is 0.235. The second-order valence-corrected chi connectivity index (χ2v) is 7.05. The quantitative estimate of drug-likeness (QED) is 0.687. The average molecular weight is 387 g/mol. The summed E-state index contributed by atoms with van der Waals surface area (Å²) in [5, 5.41) is 3.08. The number of aromatic nitrogens is 3. The van der Waals surface area contributed by atoms with Gasteiger partial charge in [0.15, 0.2) is 5.13 Å². The number of thiazole rings is 1. The van der Waals surface area contributed by atoms with Gasteiger partial charge < -0.3 is 15.2 Å². The van der Waals surface area contributed by atoms with Crippen LogP contribution in [0.2, 0.25) is 0 Å². The van der Waals surface area contributed by atoms with Crippen molar-refractivity contribution in [2.75, 3.05) is 19.4 Å². The number of aromatic amines is 1. The van der Waals surface area contributed by atoms with E-state index in [1.54, 1.807) is 45.3 Å². The van der Waals surface area contributed by atoms with Crippen molar-refractivity contribution in [1.82, 2.24) is 19.4 Å². The van der Waals surface area contributed by atoms with Crippen molar-refractivity contribution in [2.45, 2.75) is 13.5 Å². The molecule has 0 unspecified atom stereocenters. The molecule has 0 aliphatic heterocycles. The molecule has 140 valence electrons. The highest BCUT2D eigenvalue weighted by Gasteiger charge is 2.18. The largest absolute Gasteiger partial charge is 0.344 e. The highest BCUT2D eigenvalue weighted by atomic mass is 32.1.